The van der Waals surface area contributed by atoms with Gasteiger partial charge in [0.25, 0.3) is 0 Å². The maximum Gasteiger partial charge on any atom is 0.193 e. The average Bonchev–Trinajstić information content (AvgIpc) is 2.40. The van der Waals surface area contributed by atoms with Crippen molar-refractivity contribution in [3.05, 3.63) is 35.4 Å². The van der Waals surface area contributed by atoms with Crippen molar-refractivity contribution in [3.63, 3.8) is 0 Å². The van der Waals surface area contributed by atoms with Crippen molar-refractivity contribution < 1.29 is 0 Å². The van der Waals surface area contributed by atoms with E-state index in [1.807, 2.05) is 18.8 Å². The number of aryl methyl sites for hydroxylation is 1. The maximum atomic E-state index is 4.44. The molecule has 110 valence electrons. The fraction of sp³-hybridized carbons (Fsp3) is 0.562. The summed E-state index contributed by atoms with van der Waals surface area (Å²) in [5.41, 5.74) is 2.66. The molecule has 1 aromatic rings. The molecule has 0 unspecified atom stereocenters. The normalized spacial score (nSPS) is 19.0. The van der Waals surface area contributed by atoms with Crippen LogP contribution in [0.15, 0.2) is 29.3 Å². The molecule has 0 aromatic heterocycles. The third-order valence-corrected chi connectivity index (χ3v) is 4.93. The van der Waals surface area contributed by atoms with E-state index in [9.17, 15) is 0 Å². The van der Waals surface area contributed by atoms with Crippen LogP contribution < -0.4 is 5.32 Å². The average molecular weight is 291 g/mol. The van der Waals surface area contributed by atoms with Crippen LogP contribution in [-0.2, 0) is 6.54 Å². The zero-order valence-electron chi connectivity index (χ0n) is 12.9. The molecular weight excluding hydrogens is 266 g/mol. The van der Waals surface area contributed by atoms with Gasteiger partial charge in [0.15, 0.2) is 5.96 Å². The summed E-state index contributed by atoms with van der Waals surface area (Å²) in [4.78, 5) is 6.81. The highest BCUT2D eigenvalue weighted by atomic mass is 32.2. The molecule has 0 bridgehead atoms. The van der Waals surface area contributed by atoms with E-state index in [0.717, 1.165) is 31.3 Å². The minimum absolute atomic E-state index is 0.304. The van der Waals surface area contributed by atoms with Crippen LogP contribution in [0.4, 0.5) is 0 Å². The highest BCUT2D eigenvalue weighted by Gasteiger charge is 2.28. The zero-order chi connectivity index (χ0) is 14.6. The van der Waals surface area contributed by atoms with Crippen LogP contribution in [0.3, 0.4) is 0 Å². The Morgan fingerprint density at radius 3 is 2.80 bits per heavy atom. The quantitative estimate of drug-likeness (QED) is 0.671. The van der Waals surface area contributed by atoms with Crippen molar-refractivity contribution in [1.29, 1.82) is 0 Å². The molecule has 0 radical (unpaired) electrons. The van der Waals surface area contributed by atoms with Crippen molar-refractivity contribution in [2.24, 2.45) is 4.99 Å². The molecule has 0 aliphatic carbocycles. The maximum absolute atomic E-state index is 4.44. The Labute approximate surface area is 126 Å². The first-order chi connectivity index (χ1) is 9.52. The van der Waals surface area contributed by atoms with E-state index in [2.05, 4.69) is 60.2 Å². The van der Waals surface area contributed by atoms with Crippen LogP contribution in [0, 0.1) is 6.92 Å². The van der Waals surface area contributed by atoms with Gasteiger partial charge < -0.3 is 10.2 Å². The Bertz CT molecular complexity index is 482. The van der Waals surface area contributed by atoms with E-state index in [4.69, 9.17) is 0 Å². The number of guanidine groups is 1. The van der Waals surface area contributed by atoms with E-state index >= 15 is 0 Å². The van der Waals surface area contributed by atoms with Gasteiger partial charge in [0.1, 0.15) is 0 Å². The fourth-order valence-corrected chi connectivity index (χ4v) is 3.62. The highest BCUT2D eigenvalue weighted by Crippen LogP contribution is 2.29. The fourth-order valence-electron chi connectivity index (χ4n) is 2.51. The predicted molar refractivity (Wildman–Crippen MR) is 89.5 cm³/mol. The van der Waals surface area contributed by atoms with E-state index in [1.54, 1.807) is 0 Å². The van der Waals surface area contributed by atoms with E-state index in [0.29, 0.717) is 4.75 Å². The van der Waals surface area contributed by atoms with E-state index in [-0.39, 0.29) is 0 Å². The second kappa shape index (κ2) is 6.53. The summed E-state index contributed by atoms with van der Waals surface area (Å²) in [6.07, 6.45) is 0. The summed E-state index contributed by atoms with van der Waals surface area (Å²) in [7, 11) is 1.87. The number of hydrogen-bond donors (Lipinski definition) is 1. The summed E-state index contributed by atoms with van der Waals surface area (Å²) in [5, 5.41) is 3.50. The number of rotatable bonds is 2. The van der Waals surface area contributed by atoms with Crippen LogP contribution in [0.1, 0.15) is 25.0 Å². The van der Waals surface area contributed by atoms with Gasteiger partial charge in [-0.05, 0) is 31.9 Å². The van der Waals surface area contributed by atoms with Gasteiger partial charge in [0.05, 0.1) is 0 Å². The molecule has 4 heteroatoms. The van der Waals surface area contributed by atoms with Crippen LogP contribution in [0.25, 0.3) is 0 Å². The number of thioether (sulfide) groups is 1. The van der Waals surface area contributed by atoms with Gasteiger partial charge >= 0.3 is 0 Å². The molecule has 1 aliphatic rings. The minimum atomic E-state index is 0.304. The summed E-state index contributed by atoms with van der Waals surface area (Å²) >= 11 is 2.04. The molecule has 1 aliphatic heterocycles. The number of benzene rings is 1. The first kappa shape index (κ1) is 15.2. The standard InChI is InChI=1S/C16H25N3S/c1-13-7-5-6-8-14(13)11-18-15(17-4)19-9-10-20-16(2,3)12-19/h5-8H,9-12H2,1-4H3,(H,17,18). The first-order valence-electron chi connectivity index (χ1n) is 7.16. The molecule has 20 heavy (non-hydrogen) atoms. The SMILES string of the molecule is CN=C(NCc1ccccc1C)N1CCSC(C)(C)C1. The monoisotopic (exact) mass is 291 g/mol. The largest absolute Gasteiger partial charge is 0.352 e. The third-order valence-electron chi connectivity index (χ3n) is 3.64. The molecule has 1 aromatic carbocycles. The number of hydrogen-bond acceptors (Lipinski definition) is 2. The molecular formula is C16H25N3S. The Morgan fingerprint density at radius 2 is 2.15 bits per heavy atom. The number of nitrogens with zero attached hydrogens (tertiary/aromatic N) is 2. The van der Waals surface area contributed by atoms with Crippen molar-refractivity contribution in [2.45, 2.75) is 32.1 Å². The lowest BCUT2D eigenvalue weighted by Gasteiger charge is -2.39. The molecule has 1 fully saturated rings. The Morgan fingerprint density at radius 1 is 1.40 bits per heavy atom. The van der Waals surface area contributed by atoms with Crippen LogP contribution >= 0.6 is 11.8 Å². The summed E-state index contributed by atoms with van der Waals surface area (Å²) < 4.78 is 0.304. The molecule has 0 spiro atoms. The van der Waals surface area contributed by atoms with Crippen molar-refractivity contribution in [3.8, 4) is 0 Å². The lowest BCUT2D eigenvalue weighted by Crippen LogP contribution is -2.50. The summed E-state index contributed by atoms with van der Waals surface area (Å²) in [6, 6.07) is 8.50. The Kier molecular flexibility index (Phi) is 4.97. The third kappa shape index (κ3) is 3.92. The van der Waals surface area contributed by atoms with Gasteiger partial charge in [-0.2, -0.15) is 11.8 Å². The van der Waals surface area contributed by atoms with E-state index < -0.39 is 0 Å². The van der Waals surface area contributed by atoms with Gasteiger partial charge in [-0.3, -0.25) is 4.99 Å². The summed E-state index contributed by atoms with van der Waals surface area (Å²) in [6.45, 7) is 9.72. The van der Waals surface area contributed by atoms with Crippen molar-refractivity contribution in [2.75, 3.05) is 25.9 Å². The molecule has 1 N–H and O–H groups in total. The minimum Gasteiger partial charge on any atom is -0.352 e. The van der Waals surface area contributed by atoms with Gasteiger partial charge in [0, 0.05) is 37.2 Å². The lowest BCUT2D eigenvalue weighted by molar-refractivity contribution is 0.375. The Hall–Kier alpha value is -1.16. The van der Waals surface area contributed by atoms with Gasteiger partial charge in [-0.25, -0.2) is 0 Å². The number of nitrogens with one attached hydrogen (secondary N) is 1. The topological polar surface area (TPSA) is 27.6 Å². The number of aliphatic imine (C=N–C) groups is 1. The van der Waals surface area contributed by atoms with Gasteiger partial charge in [-0.15, -0.1) is 0 Å². The molecule has 0 amide bonds. The smallest absolute Gasteiger partial charge is 0.193 e. The van der Waals surface area contributed by atoms with E-state index in [1.165, 1.54) is 11.1 Å². The van der Waals surface area contributed by atoms with Crippen LogP contribution in [0.5, 0.6) is 0 Å². The van der Waals surface area contributed by atoms with Crippen molar-refractivity contribution >= 4 is 17.7 Å². The molecule has 2 rings (SSSR count). The molecule has 0 atom stereocenters. The predicted octanol–water partition coefficient (Wildman–Crippen LogP) is 2.90. The molecule has 3 nitrogen and oxygen atoms in total. The summed E-state index contributed by atoms with van der Waals surface area (Å²) in [5.74, 6) is 2.18. The molecule has 1 heterocycles. The van der Waals surface area contributed by atoms with Gasteiger partial charge in [-0.1, -0.05) is 24.3 Å². The molecule has 1 saturated heterocycles. The van der Waals surface area contributed by atoms with Gasteiger partial charge in [0.2, 0.25) is 0 Å². The Balaban J connectivity index is 1.98. The van der Waals surface area contributed by atoms with Crippen molar-refractivity contribution in [1.82, 2.24) is 10.2 Å². The highest BCUT2D eigenvalue weighted by molar-refractivity contribution is 8.00. The first-order valence-corrected chi connectivity index (χ1v) is 8.14. The molecule has 0 saturated carbocycles. The lowest BCUT2D eigenvalue weighted by atomic mass is 10.1. The van der Waals surface area contributed by atoms with Crippen LogP contribution in [-0.4, -0.2) is 41.5 Å². The second-order valence-corrected chi connectivity index (χ2v) is 7.66. The van der Waals surface area contributed by atoms with Crippen LogP contribution in [0.2, 0.25) is 0 Å². The second-order valence-electron chi connectivity index (χ2n) is 5.86. The zero-order valence-corrected chi connectivity index (χ0v) is 13.8.